The van der Waals surface area contributed by atoms with Gasteiger partial charge in [0, 0.05) is 6.04 Å². The van der Waals surface area contributed by atoms with Gasteiger partial charge in [0.1, 0.15) is 5.60 Å². The van der Waals surface area contributed by atoms with Crippen LogP contribution in [0.3, 0.4) is 0 Å². The standard InChI is InChI=1S/C12H17NO2/c1-8(13)11-12(2,3)15-10-7-5-4-6-9(10)14-11/h4-8,11H,13H2,1-3H3/t8-,11+/m1/s1. The molecule has 0 aromatic heterocycles. The summed E-state index contributed by atoms with van der Waals surface area (Å²) in [5.74, 6) is 1.57. The minimum absolute atomic E-state index is 0.0617. The highest BCUT2D eigenvalue weighted by Gasteiger charge is 2.40. The third-order valence-corrected chi connectivity index (χ3v) is 2.64. The molecule has 0 aliphatic carbocycles. The second-order valence-corrected chi connectivity index (χ2v) is 4.55. The predicted octanol–water partition coefficient (Wildman–Crippen LogP) is 1.95. The molecular weight excluding hydrogens is 190 g/mol. The highest BCUT2D eigenvalue weighted by molar-refractivity contribution is 5.42. The Balaban J connectivity index is 2.36. The van der Waals surface area contributed by atoms with Crippen molar-refractivity contribution in [2.45, 2.75) is 38.5 Å². The number of benzene rings is 1. The molecule has 1 heterocycles. The minimum Gasteiger partial charge on any atom is -0.481 e. The summed E-state index contributed by atoms with van der Waals surface area (Å²) in [7, 11) is 0. The van der Waals surface area contributed by atoms with E-state index in [-0.39, 0.29) is 17.7 Å². The van der Waals surface area contributed by atoms with Crippen molar-refractivity contribution in [3.8, 4) is 11.5 Å². The first-order valence-corrected chi connectivity index (χ1v) is 5.21. The predicted molar refractivity (Wildman–Crippen MR) is 59.2 cm³/mol. The Morgan fingerprint density at radius 2 is 1.87 bits per heavy atom. The van der Waals surface area contributed by atoms with E-state index in [1.54, 1.807) is 0 Å². The van der Waals surface area contributed by atoms with Crippen molar-refractivity contribution in [2.75, 3.05) is 0 Å². The lowest BCUT2D eigenvalue weighted by Crippen LogP contribution is -2.56. The van der Waals surface area contributed by atoms with Gasteiger partial charge in [0.05, 0.1) is 0 Å². The van der Waals surface area contributed by atoms with E-state index in [1.165, 1.54) is 0 Å². The maximum atomic E-state index is 5.89. The van der Waals surface area contributed by atoms with Gasteiger partial charge >= 0.3 is 0 Å². The minimum atomic E-state index is -0.386. The molecule has 1 aromatic rings. The number of rotatable bonds is 1. The molecule has 2 atom stereocenters. The number of para-hydroxylation sites is 2. The van der Waals surface area contributed by atoms with Crippen molar-refractivity contribution < 1.29 is 9.47 Å². The molecular formula is C12H17NO2. The molecule has 0 amide bonds. The van der Waals surface area contributed by atoms with Crippen molar-refractivity contribution >= 4 is 0 Å². The molecule has 0 saturated heterocycles. The fraction of sp³-hybridized carbons (Fsp3) is 0.500. The van der Waals surface area contributed by atoms with Gasteiger partial charge in [0.15, 0.2) is 17.6 Å². The Bertz CT molecular complexity index is 360. The summed E-state index contributed by atoms with van der Waals surface area (Å²) in [6.45, 7) is 5.93. The second-order valence-electron chi connectivity index (χ2n) is 4.55. The van der Waals surface area contributed by atoms with Crippen LogP contribution in [0.25, 0.3) is 0 Å². The quantitative estimate of drug-likeness (QED) is 0.765. The van der Waals surface area contributed by atoms with Crippen LogP contribution >= 0.6 is 0 Å². The molecule has 0 spiro atoms. The first-order chi connectivity index (χ1) is 7.00. The van der Waals surface area contributed by atoms with Crippen LogP contribution in [-0.2, 0) is 0 Å². The van der Waals surface area contributed by atoms with Crippen LogP contribution in [0.15, 0.2) is 24.3 Å². The molecule has 2 N–H and O–H groups in total. The fourth-order valence-corrected chi connectivity index (χ4v) is 1.99. The number of fused-ring (bicyclic) bond motifs is 1. The van der Waals surface area contributed by atoms with Crippen LogP contribution in [0.2, 0.25) is 0 Å². The highest BCUT2D eigenvalue weighted by Crippen LogP contribution is 2.38. The molecule has 0 fully saturated rings. The average Bonchev–Trinajstić information content (AvgIpc) is 2.14. The summed E-state index contributed by atoms with van der Waals surface area (Å²) < 4.78 is 11.7. The first kappa shape index (κ1) is 10.3. The topological polar surface area (TPSA) is 44.5 Å². The van der Waals surface area contributed by atoms with Crippen molar-refractivity contribution in [3.05, 3.63) is 24.3 Å². The maximum Gasteiger partial charge on any atom is 0.162 e. The van der Waals surface area contributed by atoms with Gasteiger partial charge in [-0.1, -0.05) is 12.1 Å². The van der Waals surface area contributed by atoms with Crippen molar-refractivity contribution in [1.29, 1.82) is 0 Å². The highest BCUT2D eigenvalue weighted by atomic mass is 16.6. The average molecular weight is 207 g/mol. The van der Waals surface area contributed by atoms with Gasteiger partial charge in [0.2, 0.25) is 0 Å². The summed E-state index contributed by atoms with van der Waals surface area (Å²) in [5.41, 5.74) is 5.51. The zero-order valence-corrected chi connectivity index (χ0v) is 9.36. The lowest BCUT2D eigenvalue weighted by molar-refractivity contribution is -0.0509. The zero-order valence-electron chi connectivity index (χ0n) is 9.36. The van der Waals surface area contributed by atoms with E-state index in [0.29, 0.717) is 0 Å². The van der Waals surface area contributed by atoms with E-state index >= 15 is 0 Å². The van der Waals surface area contributed by atoms with E-state index in [4.69, 9.17) is 15.2 Å². The van der Waals surface area contributed by atoms with Gasteiger partial charge in [-0.25, -0.2) is 0 Å². The molecule has 0 bridgehead atoms. The lowest BCUT2D eigenvalue weighted by Gasteiger charge is -2.41. The van der Waals surface area contributed by atoms with Gasteiger partial charge in [-0.05, 0) is 32.9 Å². The van der Waals surface area contributed by atoms with E-state index in [1.807, 2.05) is 45.0 Å². The van der Waals surface area contributed by atoms with Crippen LogP contribution in [0, 0.1) is 0 Å². The lowest BCUT2D eigenvalue weighted by atomic mass is 9.94. The molecule has 3 nitrogen and oxygen atoms in total. The van der Waals surface area contributed by atoms with Crippen LogP contribution in [0.1, 0.15) is 20.8 Å². The second kappa shape index (κ2) is 3.42. The zero-order chi connectivity index (χ0) is 11.1. The van der Waals surface area contributed by atoms with Crippen LogP contribution in [0.5, 0.6) is 11.5 Å². The third kappa shape index (κ3) is 1.79. The van der Waals surface area contributed by atoms with E-state index in [0.717, 1.165) is 11.5 Å². The Hall–Kier alpha value is -1.22. The number of hydrogen-bond acceptors (Lipinski definition) is 3. The normalized spacial score (nSPS) is 24.7. The van der Waals surface area contributed by atoms with Gasteiger partial charge < -0.3 is 15.2 Å². The summed E-state index contributed by atoms with van der Waals surface area (Å²) in [6.07, 6.45) is -0.118. The molecule has 15 heavy (non-hydrogen) atoms. The van der Waals surface area contributed by atoms with Crippen LogP contribution < -0.4 is 15.2 Å². The molecule has 3 heteroatoms. The molecule has 0 saturated carbocycles. The molecule has 82 valence electrons. The third-order valence-electron chi connectivity index (χ3n) is 2.64. The van der Waals surface area contributed by atoms with Crippen molar-refractivity contribution in [2.24, 2.45) is 5.73 Å². The molecule has 1 aliphatic rings. The van der Waals surface area contributed by atoms with E-state index in [9.17, 15) is 0 Å². The summed E-state index contributed by atoms with van der Waals surface area (Å²) in [5, 5.41) is 0. The van der Waals surface area contributed by atoms with Crippen molar-refractivity contribution in [3.63, 3.8) is 0 Å². The molecule has 1 aliphatic heterocycles. The van der Waals surface area contributed by atoms with Gasteiger partial charge in [-0.15, -0.1) is 0 Å². The Kier molecular flexibility index (Phi) is 2.35. The molecule has 2 rings (SSSR count). The smallest absolute Gasteiger partial charge is 0.162 e. The number of ether oxygens (including phenoxy) is 2. The molecule has 0 radical (unpaired) electrons. The maximum absolute atomic E-state index is 5.89. The van der Waals surface area contributed by atoms with Gasteiger partial charge in [0.25, 0.3) is 0 Å². The van der Waals surface area contributed by atoms with Gasteiger partial charge in [-0.2, -0.15) is 0 Å². The Morgan fingerprint density at radius 3 is 2.47 bits per heavy atom. The van der Waals surface area contributed by atoms with Gasteiger partial charge in [-0.3, -0.25) is 0 Å². The van der Waals surface area contributed by atoms with E-state index < -0.39 is 0 Å². The summed E-state index contributed by atoms with van der Waals surface area (Å²) >= 11 is 0. The molecule has 1 aromatic carbocycles. The first-order valence-electron chi connectivity index (χ1n) is 5.21. The Labute approximate surface area is 90.2 Å². The largest absolute Gasteiger partial charge is 0.481 e. The molecule has 0 unspecified atom stereocenters. The van der Waals surface area contributed by atoms with Crippen LogP contribution in [-0.4, -0.2) is 17.7 Å². The summed E-state index contributed by atoms with van der Waals surface area (Å²) in [4.78, 5) is 0. The Morgan fingerprint density at radius 1 is 1.27 bits per heavy atom. The fourth-order valence-electron chi connectivity index (χ4n) is 1.99. The van der Waals surface area contributed by atoms with Crippen LogP contribution in [0.4, 0.5) is 0 Å². The number of nitrogens with two attached hydrogens (primary N) is 1. The monoisotopic (exact) mass is 207 g/mol. The SMILES string of the molecule is C[C@@H](N)[C@@H]1Oc2ccccc2OC1(C)C. The van der Waals surface area contributed by atoms with Crippen molar-refractivity contribution in [1.82, 2.24) is 0 Å². The summed E-state index contributed by atoms with van der Waals surface area (Å²) in [6, 6.07) is 7.62. The number of hydrogen-bond donors (Lipinski definition) is 1. The van der Waals surface area contributed by atoms with E-state index in [2.05, 4.69) is 0 Å².